The highest BCUT2D eigenvalue weighted by Crippen LogP contribution is 2.19. The maximum absolute atomic E-state index is 13.0. The molecule has 1 aromatic carbocycles. The summed E-state index contributed by atoms with van der Waals surface area (Å²) in [6, 6.07) is 1.49. The second-order valence-corrected chi connectivity index (χ2v) is 3.88. The van der Waals surface area contributed by atoms with Gasteiger partial charge >= 0.3 is 0 Å². The molecule has 2 rings (SSSR count). The SMILES string of the molecule is Nc1cc(F)c(F)cc1C(=O)Nc1nncs1. The number of carbonyl (C=O) groups is 1. The Morgan fingerprint density at radius 2 is 2.06 bits per heavy atom. The molecule has 0 spiro atoms. The first-order valence-corrected chi connectivity index (χ1v) is 5.28. The number of hydrogen-bond donors (Lipinski definition) is 2. The highest BCUT2D eigenvalue weighted by Gasteiger charge is 2.15. The largest absolute Gasteiger partial charge is 0.398 e. The number of amides is 1. The Hall–Kier alpha value is -2.09. The van der Waals surface area contributed by atoms with Crippen LogP contribution in [0.2, 0.25) is 0 Å². The fourth-order valence-corrected chi connectivity index (χ4v) is 1.59. The number of aromatic nitrogens is 2. The number of hydrogen-bond acceptors (Lipinski definition) is 5. The van der Waals surface area contributed by atoms with E-state index in [1.807, 2.05) is 0 Å². The van der Waals surface area contributed by atoms with Crippen molar-refractivity contribution in [3.63, 3.8) is 0 Å². The van der Waals surface area contributed by atoms with E-state index in [9.17, 15) is 13.6 Å². The Balaban J connectivity index is 2.28. The molecule has 0 unspecified atom stereocenters. The summed E-state index contributed by atoms with van der Waals surface area (Å²) in [5.74, 6) is -2.91. The van der Waals surface area contributed by atoms with Gasteiger partial charge in [0.05, 0.1) is 5.56 Å². The highest BCUT2D eigenvalue weighted by atomic mass is 32.1. The molecule has 88 valence electrons. The molecule has 2 aromatic rings. The highest BCUT2D eigenvalue weighted by molar-refractivity contribution is 7.13. The lowest BCUT2D eigenvalue weighted by atomic mass is 10.1. The summed E-state index contributed by atoms with van der Waals surface area (Å²) in [6.07, 6.45) is 0. The minimum Gasteiger partial charge on any atom is -0.398 e. The van der Waals surface area contributed by atoms with Crippen LogP contribution in [0.4, 0.5) is 19.6 Å². The molecular weight excluding hydrogens is 250 g/mol. The number of nitrogens with zero attached hydrogens (tertiary/aromatic N) is 2. The summed E-state index contributed by atoms with van der Waals surface area (Å²) in [4.78, 5) is 11.7. The third kappa shape index (κ3) is 2.36. The Kier molecular flexibility index (Phi) is 2.96. The smallest absolute Gasteiger partial charge is 0.259 e. The lowest BCUT2D eigenvalue weighted by Crippen LogP contribution is -2.14. The molecule has 1 aromatic heterocycles. The number of rotatable bonds is 2. The number of nitrogens with two attached hydrogens (primary N) is 1. The number of nitrogen functional groups attached to an aromatic ring is 1. The quantitative estimate of drug-likeness (QED) is 0.800. The van der Waals surface area contributed by atoms with E-state index in [4.69, 9.17) is 5.73 Å². The first kappa shape index (κ1) is 11.4. The van der Waals surface area contributed by atoms with Gasteiger partial charge in [0.15, 0.2) is 11.6 Å². The molecule has 0 aliphatic carbocycles. The van der Waals surface area contributed by atoms with Gasteiger partial charge in [0.25, 0.3) is 5.91 Å². The van der Waals surface area contributed by atoms with Crippen molar-refractivity contribution in [2.75, 3.05) is 11.1 Å². The topological polar surface area (TPSA) is 80.9 Å². The number of anilines is 2. The fourth-order valence-electron chi connectivity index (χ4n) is 1.15. The third-order valence-electron chi connectivity index (χ3n) is 1.92. The second-order valence-electron chi connectivity index (χ2n) is 3.05. The molecule has 0 aliphatic rings. The van der Waals surface area contributed by atoms with Gasteiger partial charge in [-0.05, 0) is 6.07 Å². The zero-order valence-electron chi connectivity index (χ0n) is 8.28. The molecule has 17 heavy (non-hydrogen) atoms. The summed E-state index contributed by atoms with van der Waals surface area (Å²) in [5.41, 5.74) is 6.54. The van der Waals surface area contributed by atoms with Crippen LogP contribution in [0, 0.1) is 11.6 Å². The zero-order valence-corrected chi connectivity index (χ0v) is 9.09. The van der Waals surface area contributed by atoms with Crippen LogP contribution in [0.3, 0.4) is 0 Å². The summed E-state index contributed by atoms with van der Waals surface area (Å²) in [7, 11) is 0. The minimum atomic E-state index is -1.14. The second kappa shape index (κ2) is 4.42. The Morgan fingerprint density at radius 3 is 2.71 bits per heavy atom. The number of nitrogens with one attached hydrogen (secondary N) is 1. The van der Waals surface area contributed by atoms with Crippen molar-refractivity contribution in [3.8, 4) is 0 Å². The van der Waals surface area contributed by atoms with E-state index in [0.717, 1.165) is 23.5 Å². The molecule has 3 N–H and O–H groups in total. The molecule has 0 aliphatic heterocycles. The first-order chi connectivity index (χ1) is 8.08. The minimum absolute atomic E-state index is 0.147. The van der Waals surface area contributed by atoms with Crippen molar-refractivity contribution in [1.82, 2.24) is 10.2 Å². The van der Waals surface area contributed by atoms with Gasteiger partial charge in [-0.25, -0.2) is 8.78 Å². The molecule has 8 heteroatoms. The van der Waals surface area contributed by atoms with Gasteiger partial charge in [-0.3, -0.25) is 10.1 Å². The van der Waals surface area contributed by atoms with Crippen LogP contribution in [-0.4, -0.2) is 16.1 Å². The monoisotopic (exact) mass is 256 g/mol. The lowest BCUT2D eigenvalue weighted by molar-refractivity contribution is 0.102. The van der Waals surface area contributed by atoms with Crippen molar-refractivity contribution >= 4 is 28.1 Å². The average Bonchev–Trinajstić information content (AvgIpc) is 2.76. The van der Waals surface area contributed by atoms with E-state index in [-0.39, 0.29) is 16.4 Å². The van der Waals surface area contributed by atoms with Crippen molar-refractivity contribution in [3.05, 3.63) is 34.8 Å². The van der Waals surface area contributed by atoms with E-state index in [1.54, 1.807) is 0 Å². The van der Waals surface area contributed by atoms with Gasteiger partial charge in [-0.2, -0.15) is 0 Å². The summed E-state index contributed by atoms with van der Waals surface area (Å²) in [6.45, 7) is 0. The Labute approximate surface area is 98.3 Å². The van der Waals surface area contributed by atoms with Crippen molar-refractivity contribution in [1.29, 1.82) is 0 Å². The van der Waals surface area contributed by atoms with E-state index in [1.165, 1.54) is 5.51 Å². The predicted octanol–water partition coefficient (Wildman–Crippen LogP) is 1.65. The standard InChI is InChI=1S/C9H6F2N4OS/c10-5-1-4(7(12)2-6(5)11)8(16)14-9-15-13-3-17-9/h1-3H,12H2,(H,14,15,16). The van der Waals surface area contributed by atoms with Gasteiger partial charge in [-0.1, -0.05) is 11.3 Å². The normalized spacial score (nSPS) is 10.2. The predicted molar refractivity (Wildman–Crippen MR) is 58.6 cm³/mol. The average molecular weight is 256 g/mol. The molecule has 0 fully saturated rings. The Morgan fingerprint density at radius 1 is 1.35 bits per heavy atom. The number of halogens is 2. The molecule has 0 saturated carbocycles. The van der Waals surface area contributed by atoms with Crippen LogP contribution in [0.1, 0.15) is 10.4 Å². The summed E-state index contributed by atoms with van der Waals surface area (Å²) < 4.78 is 25.8. The van der Waals surface area contributed by atoms with Crippen molar-refractivity contribution in [2.24, 2.45) is 0 Å². The van der Waals surface area contributed by atoms with E-state index in [0.29, 0.717) is 0 Å². The molecule has 0 radical (unpaired) electrons. The molecule has 0 saturated heterocycles. The molecular formula is C9H6F2N4OS. The van der Waals surface area contributed by atoms with Crippen LogP contribution in [-0.2, 0) is 0 Å². The number of benzene rings is 1. The van der Waals surface area contributed by atoms with Crippen molar-refractivity contribution in [2.45, 2.75) is 0 Å². The molecule has 0 atom stereocenters. The maximum Gasteiger partial charge on any atom is 0.259 e. The summed E-state index contributed by atoms with van der Waals surface area (Å²) in [5, 5.41) is 9.70. The van der Waals surface area contributed by atoms with Crippen molar-refractivity contribution < 1.29 is 13.6 Å². The fraction of sp³-hybridized carbons (Fsp3) is 0. The van der Waals surface area contributed by atoms with Gasteiger partial charge < -0.3 is 5.73 Å². The van der Waals surface area contributed by atoms with Crippen LogP contribution in [0.5, 0.6) is 0 Å². The van der Waals surface area contributed by atoms with Crippen LogP contribution in [0.15, 0.2) is 17.6 Å². The molecule has 0 bridgehead atoms. The molecule has 1 heterocycles. The first-order valence-electron chi connectivity index (χ1n) is 4.40. The number of carbonyl (C=O) groups excluding carboxylic acids is 1. The van der Waals surface area contributed by atoms with E-state index in [2.05, 4.69) is 15.5 Å². The van der Waals surface area contributed by atoms with Crippen LogP contribution >= 0.6 is 11.3 Å². The van der Waals surface area contributed by atoms with Gasteiger partial charge in [0.1, 0.15) is 5.51 Å². The summed E-state index contributed by atoms with van der Waals surface area (Å²) >= 11 is 1.10. The third-order valence-corrected chi connectivity index (χ3v) is 2.52. The van der Waals surface area contributed by atoms with Gasteiger partial charge in [0.2, 0.25) is 5.13 Å². The maximum atomic E-state index is 13.0. The Bertz CT molecular complexity index is 558. The van der Waals surface area contributed by atoms with E-state index < -0.39 is 17.5 Å². The lowest BCUT2D eigenvalue weighted by Gasteiger charge is -2.05. The zero-order chi connectivity index (χ0) is 12.4. The molecule has 1 amide bonds. The van der Waals surface area contributed by atoms with Gasteiger partial charge in [-0.15, -0.1) is 10.2 Å². The van der Waals surface area contributed by atoms with Crippen LogP contribution in [0.25, 0.3) is 0 Å². The van der Waals surface area contributed by atoms with E-state index >= 15 is 0 Å². The van der Waals surface area contributed by atoms with Gasteiger partial charge in [0, 0.05) is 11.8 Å². The van der Waals surface area contributed by atoms with Crippen LogP contribution < -0.4 is 11.1 Å². The molecule has 5 nitrogen and oxygen atoms in total.